The fourth-order valence-corrected chi connectivity index (χ4v) is 7.32. The predicted molar refractivity (Wildman–Crippen MR) is 131 cm³/mol. The van der Waals surface area contributed by atoms with E-state index in [-0.39, 0.29) is 39.3 Å². The summed E-state index contributed by atoms with van der Waals surface area (Å²) in [5.41, 5.74) is 5.75. The van der Waals surface area contributed by atoms with Crippen LogP contribution in [0.25, 0.3) is 0 Å². The maximum absolute atomic E-state index is 12.9. The molecule has 1 fully saturated rings. The van der Waals surface area contributed by atoms with E-state index >= 15 is 0 Å². The predicted octanol–water partition coefficient (Wildman–Crippen LogP) is -0.176. The number of oxime groups is 1. The first-order valence-corrected chi connectivity index (χ1v) is 14.0. The highest BCUT2D eigenvalue weighted by Gasteiger charge is 2.54. The van der Waals surface area contributed by atoms with Crippen LogP contribution in [0.3, 0.4) is 0 Å². The molecule has 13 nitrogen and oxygen atoms in total. The molecule has 36 heavy (non-hydrogen) atoms. The standard InChI is InChI=1S/C20H20N6O7S3/c1-33-25-13(12-7-35-20(21)23-12)16(27)24-14-17(28)26-15(19(29)30)11(6-34-18(14)26)9-36(31,32)8-10-3-2-4-22-5-10/h2-5,7,14,18H,6,8-9H2,1H3,(H2,21,23)(H,24,27)(H,29,30)/b25-13-/t14?,18-/m1/s1. The van der Waals surface area contributed by atoms with E-state index in [1.54, 1.807) is 12.1 Å². The van der Waals surface area contributed by atoms with Crippen molar-refractivity contribution in [2.45, 2.75) is 17.2 Å². The van der Waals surface area contributed by atoms with Crippen molar-refractivity contribution < 1.29 is 32.7 Å². The van der Waals surface area contributed by atoms with Crippen LogP contribution in [-0.2, 0) is 34.8 Å². The summed E-state index contributed by atoms with van der Waals surface area (Å²) in [5, 5.41) is 17.0. The van der Waals surface area contributed by atoms with Gasteiger partial charge in [0.1, 0.15) is 29.9 Å². The number of carbonyl (C=O) groups is 3. The summed E-state index contributed by atoms with van der Waals surface area (Å²) in [7, 11) is -2.50. The van der Waals surface area contributed by atoms with Gasteiger partial charge in [0, 0.05) is 23.5 Å². The molecule has 2 atom stereocenters. The molecule has 2 amide bonds. The number of fused-ring (bicyclic) bond motifs is 1. The van der Waals surface area contributed by atoms with Crippen molar-refractivity contribution in [1.82, 2.24) is 20.2 Å². The lowest BCUT2D eigenvalue weighted by Gasteiger charge is -2.49. The van der Waals surface area contributed by atoms with Crippen molar-refractivity contribution in [1.29, 1.82) is 0 Å². The Morgan fingerprint density at radius 2 is 2.17 bits per heavy atom. The summed E-state index contributed by atoms with van der Waals surface area (Å²) >= 11 is 2.24. The summed E-state index contributed by atoms with van der Waals surface area (Å²) in [5.74, 6) is -3.66. The second-order valence-corrected chi connectivity index (χ2v) is 11.8. The number of thioether (sulfide) groups is 1. The molecule has 0 aliphatic carbocycles. The van der Waals surface area contributed by atoms with Gasteiger partial charge in [-0.15, -0.1) is 23.1 Å². The number of pyridine rings is 1. The zero-order valence-corrected chi connectivity index (χ0v) is 21.1. The highest BCUT2D eigenvalue weighted by molar-refractivity contribution is 8.00. The van der Waals surface area contributed by atoms with Crippen LogP contribution in [-0.4, -0.2) is 81.9 Å². The van der Waals surface area contributed by atoms with Gasteiger partial charge < -0.3 is 21.0 Å². The monoisotopic (exact) mass is 552 g/mol. The van der Waals surface area contributed by atoms with E-state index in [9.17, 15) is 27.9 Å². The van der Waals surface area contributed by atoms with E-state index < -0.39 is 44.8 Å². The van der Waals surface area contributed by atoms with Crippen molar-refractivity contribution in [2.75, 3.05) is 24.3 Å². The summed E-state index contributed by atoms with van der Waals surface area (Å²) in [4.78, 5) is 51.4. The maximum Gasteiger partial charge on any atom is 0.352 e. The Balaban J connectivity index is 1.52. The summed E-state index contributed by atoms with van der Waals surface area (Å²) < 4.78 is 25.5. The Kier molecular flexibility index (Phi) is 7.28. The molecule has 1 saturated heterocycles. The van der Waals surface area contributed by atoms with E-state index in [4.69, 9.17) is 10.6 Å². The number of amides is 2. The first kappa shape index (κ1) is 25.6. The van der Waals surface area contributed by atoms with Crippen molar-refractivity contribution in [3.63, 3.8) is 0 Å². The van der Waals surface area contributed by atoms with Gasteiger partial charge in [0.15, 0.2) is 20.7 Å². The van der Waals surface area contributed by atoms with Crippen LogP contribution < -0.4 is 11.1 Å². The summed E-state index contributed by atoms with van der Waals surface area (Å²) in [6.07, 6.45) is 2.93. The Morgan fingerprint density at radius 3 is 2.78 bits per heavy atom. The number of thiazole rings is 1. The van der Waals surface area contributed by atoms with Gasteiger partial charge in [-0.05, 0) is 17.2 Å². The van der Waals surface area contributed by atoms with Crippen LogP contribution in [0, 0.1) is 0 Å². The van der Waals surface area contributed by atoms with Gasteiger partial charge in [0.25, 0.3) is 11.8 Å². The molecule has 2 aromatic rings. The van der Waals surface area contributed by atoms with E-state index in [0.29, 0.717) is 5.56 Å². The van der Waals surface area contributed by atoms with Crippen LogP contribution in [0.1, 0.15) is 11.3 Å². The second-order valence-electron chi connectivity index (χ2n) is 7.71. The third-order valence-corrected chi connectivity index (χ3v) is 8.78. The number of carboxylic acids is 1. The third-order valence-electron chi connectivity index (χ3n) is 5.20. The number of carbonyl (C=O) groups excluding carboxylic acids is 2. The number of aromatic nitrogens is 2. The first-order valence-electron chi connectivity index (χ1n) is 10.2. The number of nitrogens with one attached hydrogen (secondary N) is 1. The zero-order chi connectivity index (χ0) is 26.0. The minimum Gasteiger partial charge on any atom is -0.477 e. The molecule has 1 unspecified atom stereocenters. The van der Waals surface area contributed by atoms with E-state index in [1.807, 2.05) is 0 Å². The first-order chi connectivity index (χ1) is 17.1. The second kappa shape index (κ2) is 10.2. The quantitative estimate of drug-likeness (QED) is 0.212. The normalized spacial score (nSPS) is 20.0. The third kappa shape index (κ3) is 5.19. The van der Waals surface area contributed by atoms with E-state index in [0.717, 1.165) is 28.0 Å². The van der Waals surface area contributed by atoms with Crippen LogP contribution in [0.2, 0.25) is 0 Å². The molecule has 16 heteroatoms. The number of anilines is 1. The lowest BCUT2D eigenvalue weighted by atomic mass is 10.0. The Hall–Kier alpha value is -3.50. The zero-order valence-electron chi connectivity index (χ0n) is 18.7. The number of aliphatic carboxylic acids is 1. The minimum atomic E-state index is -3.74. The molecule has 0 radical (unpaired) electrons. The Labute approximate surface area is 213 Å². The molecule has 2 aromatic heterocycles. The van der Waals surface area contributed by atoms with Crippen molar-refractivity contribution in [3.8, 4) is 0 Å². The molecule has 190 valence electrons. The minimum absolute atomic E-state index is 0.0519. The highest BCUT2D eigenvalue weighted by atomic mass is 32.2. The molecule has 0 aromatic carbocycles. The van der Waals surface area contributed by atoms with Gasteiger partial charge in [-0.1, -0.05) is 11.2 Å². The number of hydrogen-bond acceptors (Lipinski definition) is 12. The van der Waals surface area contributed by atoms with E-state index in [2.05, 4.69) is 20.4 Å². The van der Waals surface area contributed by atoms with Gasteiger partial charge in [-0.3, -0.25) is 19.5 Å². The lowest BCUT2D eigenvalue weighted by molar-refractivity contribution is -0.150. The molecule has 4 heterocycles. The molecular weight excluding hydrogens is 532 g/mol. The number of nitrogens with two attached hydrogens (primary N) is 1. The number of sulfone groups is 1. The number of rotatable bonds is 9. The molecule has 2 aliphatic heterocycles. The summed E-state index contributed by atoms with van der Waals surface area (Å²) in [6.45, 7) is 0. The fourth-order valence-electron chi connectivity index (χ4n) is 3.75. The number of nitrogen functional groups attached to an aromatic ring is 1. The Bertz CT molecular complexity index is 1370. The number of carboxylic acid groups (broad SMARTS) is 1. The topological polar surface area (TPSA) is 194 Å². The highest BCUT2D eigenvalue weighted by Crippen LogP contribution is 2.40. The van der Waals surface area contributed by atoms with Gasteiger partial charge in [0.05, 0.1) is 11.5 Å². The fraction of sp³-hybridized carbons (Fsp3) is 0.300. The molecule has 4 N–H and O–H groups in total. The lowest BCUT2D eigenvalue weighted by Crippen LogP contribution is -2.71. The smallest absolute Gasteiger partial charge is 0.352 e. The molecule has 2 aliphatic rings. The van der Waals surface area contributed by atoms with Crippen LogP contribution in [0.15, 0.2) is 46.3 Å². The van der Waals surface area contributed by atoms with Crippen molar-refractivity contribution >= 4 is 61.6 Å². The largest absolute Gasteiger partial charge is 0.477 e. The average Bonchev–Trinajstić information content (AvgIpc) is 3.26. The molecule has 4 rings (SSSR count). The van der Waals surface area contributed by atoms with Crippen LogP contribution >= 0.6 is 23.1 Å². The number of hydrogen-bond donors (Lipinski definition) is 3. The molecule has 0 saturated carbocycles. The van der Waals surface area contributed by atoms with Crippen LogP contribution in [0.4, 0.5) is 5.13 Å². The Morgan fingerprint density at radius 1 is 1.39 bits per heavy atom. The maximum atomic E-state index is 12.9. The number of nitrogens with zero attached hydrogens (tertiary/aromatic N) is 4. The van der Waals surface area contributed by atoms with Crippen molar-refractivity contribution in [2.24, 2.45) is 5.16 Å². The van der Waals surface area contributed by atoms with Crippen LogP contribution in [0.5, 0.6) is 0 Å². The molecule has 0 bridgehead atoms. The SMILES string of the molecule is CO/N=C(\C(=O)NC1C(=O)N2C(C(=O)O)=C(CS(=O)(=O)Cc3cccnc3)CS[C@H]12)c1csc(N)n1. The van der Waals surface area contributed by atoms with Gasteiger partial charge in [-0.2, -0.15) is 0 Å². The van der Waals surface area contributed by atoms with E-state index in [1.165, 1.54) is 24.9 Å². The molecule has 0 spiro atoms. The number of β-lactam (4-membered cyclic amide) rings is 1. The summed E-state index contributed by atoms with van der Waals surface area (Å²) in [6, 6.07) is 2.16. The van der Waals surface area contributed by atoms with Gasteiger partial charge >= 0.3 is 5.97 Å². The van der Waals surface area contributed by atoms with Gasteiger partial charge in [0.2, 0.25) is 0 Å². The van der Waals surface area contributed by atoms with Crippen molar-refractivity contribution in [3.05, 3.63) is 52.4 Å². The average molecular weight is 553 g/mol. The molecular formula is C20H20N6O7S3. The van der Waals surface area contributed by atoms with Gasteiger partial charge in [-0.25, -0.2) is 18.2 Å².